The summed E-state index contributed by atoms with van der Waals surface area (Å²) in [6.07, 6.45) is 0. The monoisotopic (exact) mass is 324 g/mol. The molecule has 0 aromatic heterocycles. The van der Waals surface area contributed by atoms with Crippen molar-refractivity contribution in [3.63, 3.8) is 0 Å². The van der Waals surface area contributed by atoms with E-state index in [1.807, 2.05) is 35.2 Å². The van der Waals surface area contributed by atoms with E-state index in [2.05, 4.69) is 36.9 Å². The number of carbonyl (C=O) groups excluding carboxylic acids is 1. The van der Waals surface area contributed by atoms with Gasteiger partial charge in [-0.3, -0.25) is 4.79 Å². The van der Waals surface area contributed by atoms with Crippen LogP contribution in [0.1, 0.15) is 11.1 Å². The van der Waals surface area contributed by atoms with Crippen molar-refractivity contribution in [1.82, 2.24) is 4.90 Å². The Labute approximate surface area is 143 Å². The van der Waals surface area contributed by atoms with Crippen molar-refractivity contribution in [2.45, 2.75) is 13.8 Å². The van der Waals surface area contributed by atoms with Gasteiger partial charge in [-0.2, -0.15) is 0 Å². The molecule has 24 heavy (non-hydrogen) atoms. The second-order valence-electron chi connectivity index (χ2n) is 6.19. The van der Waals surface area contributed by atoms with E-state index in [0.717, 1.165) is 31.9 Å². The zero-order chi connectivity index (χ0) is 16.9. The molecule has 4 heteroatoms. The molecule has 0 spiro atoms. The average molecular weight is 324 g/mol. The molecule has 1 amide bonds. The Morgan fingerprint density at radius 1 is 0.958 bits per heavy atom. The fourth-order valence-electron chi connectivity index (χ4n) is 3.03. The number of rotatable bonds is 4. The van der Waals surface area contributed by atoms with Gasteiger partial charge in [-0.1, -0.05) is 30.3 Å². The molecular formula is C20H24N2O2. The lowest BCUT2D eigenvalue weighted by Crippen LogP contribution is -2.50. The topological polar surface area (TPSA) is 32.8 Å². The number of hydrogen-bond acceptors (Lipinski definition) is 3. The number of anilines is 1. The maximum atomic E-state index is 12.3. The zero-order valence-corrected chi connectivity index (χ0v) is 14.4. The molecule has 1 saturated heterocycles. The van der Waals surface area contributed by atoms with E-state index in [0.29, 0.717) is 0 Å². The number of hydrogen-bond donors (Lipinski definition) is 0. The number of benzene rings is 2. The van der Waals surface area contributed by atoms with E-state index in [9.17, 15) is 4.79 Å². The standard InChI is InChI=1S/C20H24N2O2/c1-16-7-6-10-19(17(16)2)21-11-13-22(14-12-21)20(23)15-24-18-8-4-3-5-9-18/h3-10H,11-15H2,1-2H3. The van der Waals surface area contributed by atoms with Gasteiger partial charge in [0.1, 0.15) is 5.75 Å². The number of ether oxygens (including phenoxy) is 1. The lowest BCUT2D eigenvalue weighted by atomic mass is 10.1. The normalized spacial score (nSPS) is 14.6. The maximum Gasteiger partial charge on any atom is 0.260 e. The first kappa shape index (κ1) is 16.4. The molecule has 0 atom stereocenters. The zero-order valence-electron chi connectivity index (χ0n) is 14.4. The Morgan fingerprint density at radius 3 is 2.38 bits per heavy atom. The van der Waals surface area contributed by atoms with Crippen LogP contribution in [0.15, 0.2) is 48.5 Å². The second-order valence-corrected chi connectivity index (χ2v) is 6.19. The predicted molar refractivity (Wildman–Crippen MR) is 96.6 cm³/mol. The molecule has 0 N–H and O–H groups in total. The van der Waals surface area contributed by atoms with Gasteiger partial charge in [0.2, 0.25) is 0 Å². The Morgan fingerprint density at radius 2 is 1.67 bits per heavy atom. The quantitative estimate of drug-likeness (QED) is 0.867. The average Bonchev–Trinajstić information content (AvgIpc) is 2.63. The van der Waals surface area contributed by atoms with E-state index in [-0.39, 0.29) is 12.5 Å². The van der Waals surface area contributed by atoms with Gasteiger partial charge in [-0.05, 0) is 43.2 Å². The Balaban J connectivity index is 1.53. The van der Waals surface area contributed by atoms with Crippen LogP contribution < -0.4 is 9.64 Å². The number of para-hydroxylation sites is 1. The third kappa shape index (κ3) is 3.70. The molecular weight excluding hydrogens is 300 g/mol. The Kier molecular flexibility index (Phi) is 5.04. The number of nitrogens with zero attached hydrogens (tertiary/aromatic N) is 2. The van der Waals surface area contributed by atoms with Crippen LogP contribution in [0.3, 0.4) is 0 Å². The number of piperazine rings is 1. The van der Waals surface area contributed by atoms with Crippen LogP contribution in [-0.4, -0.2) is 43.6 Å². The van der Waals surface area contributed by atoms with Crippen molar-refractivity contribution in [3.8, 4) is 5.75 Å². The van der Waals surface area contributed by atoms with Gasteiger partial charge in [0.05, 0.1) is 0 Å². The highest BCUT2D eigenvalue weighted by molar-refractivity contribution is 5.78. The smallest absolute Gasteiger partial charge is 0.260 e. The van der Waals surface area contributed by atoms with Crippen LogP contribution in [-0.2, 0) is 4.79 Å². The Bertz CT molecular complexity index is 692. The van der Waals surface area contributed by atoms with E-state index < -0.39 is 0 Å². The summed E-state index contributed by atoms with van der Waals surface area (Å²) in [4.78, 5) is 16.6. The molecule has 126 valence electrons. The summed E-state index contributed by atoms with van der Waals surface area (Å²) in [7, 11) is 0. The van der Waals surface area contributed by atoms with Crippen molar-refractivity contribution in [3.05, 3.63) is 59.7 Å². The number of carbonyl (C=O) groups is 1. The molecule has 0 bridgehead atoms. The van der Waals surface area contributed by atoms with Crippen LogP contribution in [0.4, 0.5) is 5.69 Å². The van der Waals surface area contributed by atoms with E-state index >= 15 is 0 Å². The van der Waals surface area contributed by atoms with Crippen molar-refractivity contribution >= 4 is 11.6 Å². The minimum Gasteiger partial charge on any atom is -0.484 e. The highest BCUT2D eigenvalue weighted by Gasteiger charge is 2.22. The molecule has 2 aromatic carbocycles. The highest BCUT2D eigenvalue weighted by Crippen LogP contribution is 2.23. The predicted octanol–water partition coefficient (Wildman–Crippen LogP) is 3.03. The SMILES string of the molecule is Cc1cccc(N2CCN(C(=O)COc3ccccc3)CC2)c1C. The molecule has 2 aromatic rings. The summed E-state index contributed by atoms with van der Waals surface area (Å²) >= 11 is 0. The van der Waals surface area contributed by atoms with Gasteiger partial charge in [0.25, 0.3) is 5.91 Å². The second kappa shape index (κ2) is 7.39. The summed E-state index contributed by atoms with van der Waals surface area (Å²) in [5.41, 5.74) is 3.91. The molecule has 4 nitrogen and oxygen atoms in total. The minimum atomic E-state index is 0.0551. The molecule has 1 aliphatic rings. The van der Waals surface area contributed by atoms with E-state index in [4.69, 9.17) is 4.74 Å². The molecule has 1 aliphatic heterocycles. The summed E-state index contributed by atoms with van der Waals surface area (Å²) in [5.74, 6) is 0.791. The van der Waals surface area contributed by atoms with Crippen LogP contribution in [0.25, 0.3) is 0 Å². The van der Waals surface area contributed by atoms with Crippen molar-refractivity contribution in [1.29, 1.82) is 0 Å². The lowest BCUT2D eigenvalue weighted by Gasteiger charge is -2.37. The first-order valence-corrected chi connectivity index (χ1v) is 8.42. The van der Waals surface area contributed by atoms with Crippen LogP contribution >= 0.6 is 0 Å². The molecule has 1 heterocycles. The van der Waals surface area contributed by atoms with Crippen LogP contribution in [0.2, 0.25) is 0 Å². The van der Waals surface area contributed by atoms with E-state index in [1.54, 1.807) is 0 Å². The van der Waals surface area contributed by atoms with Gasteiger partial charge < -0.3 is 14.5 Å². The molecule has 0 aliphatic carbocycles. The van der Waals surface area contributed by atoms with Gasteiger partial charge in [-0.25, -0.2) is 0 Å². The van der Waals surface area contributed by atoms with Crippen molar-refractivity contribution in [2.24, 2.45) is 0 Å². The van der Waals surface area contributed by atoms with Gasteiger partial charge >= 0.3 is 0 Å². The molecule has 0 radical (unpaired) electrons. The minimum absolute atomic E-state index is 0.0551. The fraction of sp³-hybridized carbons (Fsp3) is 0.350. The fourth-order valence-corrected chi connectivity index (χ4v) is 3.03. The van der Waals surface area contributed by atoms with Gasteiger partial charge in [-0.15, -0.1) is 0 Å². The van der Waals surface area contributed by atoms with Gasteiger partial charge in [0, 0.05) is 31.9 Å². The van der Waals surface area contributed by atoms with E-state index in [1.165, 1.54) is 16.8 Å². The van der Waals surface area contributed by atoms with Gasteiger partial charge in [0.15, 0.2) is 6.61 Å². The summed E-state index contributed by atoms with van der Waals surface area (Å²) < 4.78 is 5.56. The first-order valence-electron chi connectivity index (χ1n) is 8.42. The third-order valence-corrected chi connectivity index (χ3v) is 4.65. The molecule has 0 saturated carbocycles. The summed E-state index contributed by atoms with van der Waals surface area (Å²) in [6.45, 7) is 7.61. The van der Waals surface area contributed by atoms with Crippen molar-refractivity contribution < 1.29 is 9.53 Å². The molecule has 1 fully saturated rings. The number of amides is 1. The molecule has 0 unspecified atom stereocenters. The summed E-state index contributed by atoms with van der Waals surface area (Å²) in [6, 6.07) is 15.9. The number of aryl methyl sites for hydroxylation is 1. The highest BCUT2D eigenvalue weighted by atomic mass is 16.5. The molecule has 3 rings (SSSR count). The Hall–Kier alpha value is -2.49. The third-order valence-electron chi connectivity index (χ3n) is 4.65. The van der Waals surface area contributed by atoms with Crippen LogP contribution in [0, 0.1) is 13.8 Å². The lowest BCUT2D eigenvalue weighted by molar-refractivity contribution is -0.133. The van der Waals surface area contributed by atoms with Crippen molar-refractivity contribution in [2.75, 3.05) is 37.7 Å². The largest absolute Gasteiger partial charge is 0.484 e. The van der Waals surface area contributed by atoms with Crippen LogP contribution in [0.5, 0.6) is 5.75 Å². The first-order chi connectivity index (χ1) is 11.6. The summed E-state index contributed by atoms with van der Waals surface area (Å²) in [5, 5.41) is 0. The maximum absolute atomic E-state index is 12.3.